The third kappa shape index (κ3) is 17.5. The molecule has 0 heterocycles. The molecule has 2 atom stereocenters. The lowest BCUT2D eigenvalue weighted by atomic mass is 9.90. The Morgan fingerprint density at radius 1 is 0.690 bits per heavy atom. The van der Waals surface area contributed by atoms with Crippen molar-refractivity contribution in [2.75, 3.05) is 0 Å². The van der Waals surface area contributed by atoms with Crippen molar-refractivity contribution in [3.8, 4) is 0 Å². The minimum Gasteiger partial charge on any atom is -0.481 e. The Morgan fingerprint density at radius 3 is 1.83 bits per heavy atom. The van der Waals surface area contributed by atoms with E-state index in [2.05, 4.69) is 20.8 Å². The van der Waals surface area contributed by atoms with E-state index in [1.807, 2.05) is 0 Å². The van der Waals surface area contributed by atoms with E-state index in [0.717, 1.165) is 57.8 Å². The van der Waals surface area contributed by atoms with Crippen LogP contribution < -0.4 is 0 Å². The van der Waals surface area contributed by atoms with Gasteiger partial charge in [-0.25, -0.2) is 0 Å². The van der Waals surface area contributed by atoms with Crippen LogP contribution in [0.15, 0.2) is 0 Å². The number of carboxylic acid groups (broad SMARTS) is 1. The number of carbonyl (C=O) groups is 2. The Labute approximate surface area is 180 Å². The number of hydrogen-bond acceptors (Lipinski definition) is 3. The fourth-order valence-corrected chi connectivity index (χ4v) is 3.94. The molecule has 4 nitrogen and oxygen atoms in total. The van der Waals surface area contributed by atoms with Gasteiger partial charge in [0, 0.05) is 12.8 Å². The molecular weight excluding hydrogens is 364 g/mol. The maximum absolute atomic E-state index is 12.4. The second-order valence-electron chi connectivity index (χ2n) is 8.56. The van der Waals surface area contributed by atoms with E-state index in [4.69, 9.17) is 9.84 Å². The van der Waals surface area contributed by atoms with Crippen LogP contribution >= 0.6 is 0 Å². The summed E-state index contributed by atoms with van der Waals surface area (Å²) in [5.41, 5.74) is 0. The van der Waals surface area contributed by atoms with E-state index in [0.29, 0.717) is 12.3 Å². The first-order valence-corrected chi connectivity index (χ1v) is 12.5. The lowest BCUT2D eigenvalue weighted by molar-refractivity contribution is -0.152. The zero-order valence-corrected chi connectivity index (χ0v) is 19.6. The summed E-state index contributed by atoms with van der Waals surface area (Å²) in [6, 6.07) is 0. The van der Waals surface area contributed by atoms with Crippen molar-refractivity contribution in [1.82, 2.24) is 0 Å². The second-order valence-corrected chi connectivity index (χ2v) is 8.56. The van der Waals surface area contributed by atoms with Crippen LogP contribution in [0.3, 0.4) is 0 Å². The SMILES string of the molecule is CCCCCCCCC(OC(=O)CCCCCCCC(=O)O)C(CC)CCCC. The molecule has 0 aliphatic rings. The number of unbranched alkanes of at least 4 members (excludes halogenated alkanes) is 10. The summed E-state index contributed by atoms with van der Waals surface area (Å²) < 4.78 is 5.97. The van der Waals surface area contributed by atoms with Crippen molar-refractivity contribution in [1.29, 1.82) is 0 Å². The van der Waals surface area contributed by atoms with Gasteiger partial charge in [0.1, 0.15) is 6.10 Å². The first-order chi connectivity index (χ1) is 14.0. The first kappa shape index (κ1) is 27.9. The highest BCUT2D eigenvalue weighted by molar-refractivity contribution is 5.69. The molecule has 1 N–H and O–H groups in total. The van der Waals surface area contributed by atoms with Crippen LogP contribution in [0.1, 0.15) is 136 Å². The Bertz CT molecular complexity index is 394. The standard InChI is InChI=1S/C25H48O4/c1-4-7-9-10-12-15-19-23(22(6-3)18-8-5-2)29-25(28)21-17-14-11-13-16-20-24(26)27/h22-23H,4-21H2,1-3H3,(H,26,27). The molecule has 0 aromatic heterocycles. The number of carbonyl (C=O) groups excluding carboxylic acids is 1. The molecule has 29 heavy (non-hydrogen) atoms. The summed E-state index contributed by atoms with van der Waals surface area (Å²) in [5, 5.41) is 8.65. The molecule has 0 rings (SSSR count). The largest absolute Gasteiger partial charge is 0.481 e. The topological polar surface area (TPSA) is 63.6 Å². The van der Waals surface area contributed by atoms with Crippen molar-refractivity contribution < 1.29 is 19.4 Å². The number of aliphatic carboxylic acids is 1. The highest BCUT2D eigenvalue weighted by atomic mass is 16.5. The molecule has 0 amide bonds. The van der Waals surface area contributed by atoms with Crippen molar-refractivity contribution >= 4 is 11.9 Å². The molecule has 0 aromatic rings. The molecule has 0 aliphatic carbocycles. The molecule has 0 bridgehead atoms. The Morgan fingerprint density at radius 2 is 1.24 bits per heavy atom. The lowest BCUT2D eigenvalue weighted by Gasteiger charge is -2.26. The number of ether oxygens (including phenoxy) is 1. The number of rotatable bonds is 21. The first-order valence-electron chi connectivity index (χ1n) is 12.5. The third-order valence-corrected chi connectivity index (χ3v) is 5.88. The maximum Gasteiger partial charge on any atom is 0.306 e. The molecule has 0 spiro atoms. The van der Waals surface area contributed by atoms with Crippen molar-refractivity contribution in [2.45, 2.75) is 142 Å². The lowest BCUT2D eigenvalue weighted by Crippen LogP contribution is -2.27. The monoisotopic (exact) mass is 412 g/mol. The quantitative estimate of drug-likeness (QED) is 0.155. The van der Waals surface area contributed by atoms with Crippen molar-refractivity contribution in [3.63, 3.8) is 0 Å². The summed E-state index contributed by atoms with van der Waals surface area (Å²) in [4.78, 5) is 22.9. The van der Waals surface area contributed by atoms with E-state index in [9.17, 15) is 9.59 Å². The Balaban J connectivity index is 4.23. The van der Waals surface area contributed by atoms with Gasteiger partial charge < -0.3 is 9.84 Å². The fraction of sp³-hybridized carbons (Fsp3) is 0.920. The number of carboxylic acids is 1. The molecule has 2 unspecified atom stereocenters. The molecule has 0 aliphatic heterocycles. The predicted octanol–water partition coefficient (Wildman–Crippen LogP) is 7.68. The van der Waals surface area contributed by atoms with Crippen LogP contribution in [0.4, 0.5) is 0 Å². The fourth-order valence-electron chi connectivity index (χ4n) is 3.94. The van der Waals surface area contributed by atoms with Gasteiger partial charge in [0.15, 0.2) is 0 Å². The van der Waals surface area contributed by atoms with Gasteiger partial charge in [0.2, 0.25) is 0 Å². The van der Waals surface area contributed by atoms with Gasteiger partial charge in [0.05, 0.1) is 0 Å². The van der Waals surface area contributed by atoms with E-state index in [1.165, 1.54) is 44.9 Å². The molecule has 0 aromatic carbocycles. The van der Waals surface area contributed by atoms with Gasteiger partial charge in [-0.1, -0.05) is 85.0 Å². The second kappa shape index (κ2) is 20.2. The summed E-state index contributed by atoms with van der Waals surface area (Å²) in [6.45, 7) is 6.68. The van der Waals surface area contributed by atoms with Gasteiger partial charge in [-0.05, 0) is 44.4 Å². The van der Waals surface area contributed by atoms with E-state index in [1.54, 1.807) is 0 Å². The molecule has 4 heteroatoms. The van der Waals surface area contributed by atoms with E-state index < -0.39 is 5.97 Å². The molecule has 0 radical (unpaired) electrons. The van der Waals surface area contributed by atoms with Gasteiger partial charge >= 0.3 is 11.9 Å². The zero-order valence-electron chi connectivity index (χ0n) is 19.6. The Hall–Kier alpha value is -1.06. The molecule has 172 valence electrons. The van der Waals surface area contributed by atoms with E-state index in [-0.39, 0.29) is 18.5 Å². The van der Waals surface area contributed by atoms with Crippen LogP contribution in [-0.2, 0) is 14.3 Å². The van der Waals surface area contributed by atoms with Gasteiger partial charge in [-0.3, -0.25) is 9.59 Å². The van der Waals surface area contributed by atoms with E-state index >= 15 is 0 Å². The average Bonchev–Trinajstić information content (AvgIpc) is 2.69. The average molecular weight is 413 g/mol. The van der Waals surface area contributed by atoms with Gasteiger partial charge in [-0.2, -0.15) is 0 Å². The molecule has 0 fully saturated rings. The van der Waals surface area contributed by atoms with Crippen LogP contribution in [-0.4, -0.2) is 23.1 Å². The molecular formula is C25H48O4. The Kier molecular flexibility index (Phi) is 19.5. The molecule has 0 saturated heterocycles. The zero-order chi connectivity index (χ0) is 21.7. The highest BCUT2D eigenvalue weighted by Crippen LogP contribution is 2.25. The van der Waals surface area contributed by atoms with Crippen LogP contribution in [0, 0.1) is 5.92 Å². The summed E-state index contributed by atoms with van der Waals surface area (Å²) >= 11 is 0. The smallest absolute Gasteiger partial charge is 0.306 e. The normalized spacial score (nSPS) is 13.2. The summed E-state index contributed by atoms with van der Waals surface area (Å²) in [6.07, 6.45) is 18.6. The van der Waals surface area contributed by atoms with Crippen LogP contribution in [0.5, 0.6) is 0 Å². The molecule has 0 saturated carbocycles. The highest BCUT2D eigenvalue weighted by Gasteiger charge is 2.23. The van der Waals surface area contributed by atoms with Crippen molar-refractivity contribution in [3.05, 3.63) is 0 Å². The summed E-state index contributed by atoms with van der Waals surface area (Å²) in [5.74, 6) is -0.273. The number of esters is 1. The van der Waals surface area contributed by atoms with Gasteiger partial charge in [0.25, 0.3) is 0 Å². The minimum absolute atomic E-state index is 0.0403. The van der Waals surface area contributed by atoms with Crippen LogP contribution in [0.2, 0.25) is 0 Å². The predicted molar refractivity (Wildman–Crippen MR) is 121 cm³/mol. The minimum atomic E-state index is -0.724. The number of hydrogen-bond donors (Lipinski definition) is 1. The third-order valence-electron chi connectivity index (χ3n) is 5.88. The van der Waals surface area contributed by atoms with Crippen molar-refractivity contribution in [2.24, 2.45) is 5.92 Å². The summed E-state index contributed by atoms with van der Waals surface area (Å²) in [7, 11) is 0. The van der Waals surface area contributed by atoms with Crippen LogP contribution in [0.25, 0.3) is 0 Å². The maximum atomic E-state index is 12.4. The van der Waals surface area contributed by atoms with Gasteiger partial charge in [-0.15, -0.1) is 0 Å².